The van der Waals surface area contributed by atoms with Crippen LogP contribution in [-0.2, 0) is 21.4 Å². The molecule has 0 saturated heterocycles. The van der Waals surface area contributed by atoms with Crippen LogP contribution in [0.25, 0.3) is 11.2 Å². The smallest absolute Gasteiger partial charge is 0.312 e. The van der Waals surface area contributed by atoms with Gasteiger partial charge in [-0.05, 0) is 28.9 Å². The highest BCUT2D eigenvalue weighted by atomic mass is 79.9. The van der Waals surface area contributed by atoms with Gasteiger partial charge in [0.1, 0.15) is 5.82 Å². The minimum absolute atomic E-state index is 0.0182. The lowest BCUT2D eigenvalue weighted by Gasteiger charge is -2.13. The topological polar surface area (TPSA) is 80.8 Å². The molecule has 0 spiro atoms. The summed E-state index contributed by atoms with van der Waals surface area (Å²) in [6.45, 7) is 8.09. The molecule has 3 aromatic heterocycles. The highest BCUT2D eigenvalue weighted by molar-refractivity contribution is 9.10. The van der Waals surface area contributed by atoms with Crippen LogP contribution in [0.5, 0.6) is 0 Å². The zero-order valence-electron chi connectivity index (χ0n) is 14.5. The molecule has 0 aliphatic rings. The number of H-pyrrole nitrogens is 1. The van der Waals surface area contributed by atoms with Crippen molar-refractivity contribution in [3.05, 3.63) is 38.6 Å². The number of aromatic amines is 1. The van der Waals surface area contributed by atoms with Crippen molar-refractivity contribution in [2.45, 2.75) is 45.6 Å². The highest BCUT2D eigenvalue weighted by Gasteiger charge is 2.21. The number of aromatic nitrogens is 4. The summed E-state index contributed by atoms with van der Waals surface area (Å²) in [6.07, 6.45) is 1.35. The summed E-state index contributed by atoms with van der Waals surface area (Å²) in [7, 11) is 0. The Kier molecular flexibility index (Phi) is 4.92. The molecular formula is C17H19BrN4O2S. The van der Waals surface area contributed by atoms with Gasteiger partial charge in [0.15, 0.2) is 11.8 Å². The Hall–Kier alpha value is -1.80. The summed E-state index contributed by atoms with van der Waals surface area (Å²) in [4.78, 5) is 28.5. The predicted octanol–water partition coefficient (Wildman–Crippen LogP) is 4.32. The van der Waals surface area contributed by atoms with Crippen LogP contribution in [0.15, 0.2) is 22.1 Å². The second kappa shape index (κ2) is 6.84. The molecule has 132 valence electrons. The summed E-state index contributed by atoms with van der Waals surface area (Å²) in [5.74, 6) is 0.246. The van der Waals surface area contributed by atoms with Crippen LogP contribution < -0.4 is 0 Å². The van der Waals surface area contributed by atoms with Gasteiger partial charge in [-0.2, -0.15) is 0 Å². The number of carbonyl (C=O) groups excluding carboxylic acids is 1. The molecule has 3 aromatic rings. The van der Waals surface area contributed by atoms with Gasteiger partial charge in [-0.3, -0.25) is 4.79 Å². The van der Waals surface area contributed by atoms with Gasteiger partial charge in [0.2, 0.25) is 0 Å². The van der Waals surface area contributed by atoms with E-state index in [4.69, 9.17) is 4.74 Å². The van der Waals surface area contributed by atoms with Gasteiger partial charge in [-0.15, -0.1) is 11.3 Å². The third-order valence-electron chi connectivity index (χ3n) is 3.53. The van der Waals surface area contributed by atoms with Crippen molar-refractivity contribution in [1.29, 1.82) is 0 Å². The van der Waals surface area contributed by atoms with Gasteiger partial charge < -0.3 is 9.72 Å². The van der Waals surface area contributed by atoms with E-state index in [-0.39, 0.29) is 17.8 Å². The fraction of sp³-hybridized carbons (Fsp3) is 0.412. The van der Waals surface area contributed by atoms with Gasteiger partial charge in [0, 0.05) is 21.5 Å². The van der Waals surface area contributed by atoms with Crippen molar-refractivity contribution in [2.75, 3.05) is 0 Å². The minimum atomic E-state index is -0.485. The number of carbonyl (C=O) groups is 1. The Morgan fingerprint density at radius 1 is 1.40 bits per heavy atom. The monoisotopic (exact) mass is 422 g/mol. The number of halogens is 1. The predicted molar refractivity (Wildman–Crippen MR) is 101 cm³/mol. The molecule has 8 heteroatoms. The average Bonchev–Trinajstić information content (AvgIpc) is 3.12. The number of imidazole rings is 1. The largest absolute Gasteiger partial charge is 0.454 e. The molecule has 3 rings (SSSR count). The van der Waals surface area contributed by atoms with Crippen LogP contribution in [-0.4, -0.2) is 25.9 Å². The summed E-state index contributed by atoms with van der Waals surface area (Å²) in [5, 5.41) is 2.92. The molecule has 0 radical (unpaired) electrons. The molecule has 0 unspecified atom stereocenters. The van der Waals surface area contributed by atoms with Gasteiger partial charge in [-0.1, -0.05) is 20.8 Å². The number of esters is 1. The summed E-state index contributed by atoms with van der Waals surface area (Å²) >= 11 is 4.94. The second-order valence-electron chi connectivity index (χ2n) is 6.85. The summed E-state index contributed by atoms with van der Waals surface area (Å²) in [5.41, 5.74) is 2.11. The molecule has 0 aliphatic heterocycles. The lowest BCUT2D eigenvalue weighted by Crippen LogP contribution is -2.14. The third-order valence-corrected chi connectivity index (χ3v) is 5.28. The molecule has 0 saturated carbocycles. The lowest BCUT2D eigenvalue weighted by molar-refractivity contribution is -0.148. The number of pyridine rings is 1. The Balaban J connectivity index is 1.66. The van der Waals surface area contributed by atoms with E-state index in [1.807, 2.05) is 11.4 Å². The lowest BCUT2D eigenvalue weighted by atomic mass is 9.98. The maximum absolute atomic E-state index is 12.2. The standard InChI is InChI=1S/C17H19BrN4O2S/c1-9(14-21-12-5-10(18)7-19-15(12)22-14)24-13(23)6-11-8-25-16(20-11)17(2,3)4/h5,7-9H,6H2,1-4H3,(H,19,21,22)/t9-/m1/s1. The van der Waals surface area contributed by atoms with Crippen LogP contribution in [0.2, 0.25) is 0 Å². The SMILES string of the molecule is C[C@@H](OC(=O)Cc1csc(C(C)(C)C)n1)c1nc2ncc(Br)cc2[nH]1. The van der Waals surface area contributed by atoms with Crippen molar-refractivity contribution in [2.24, 2.45) is 0 Å². The van der Waals surface area contributed by atoms with Gasteiger partial charge in [0.25, 0.3) is 0 Å². The summed E-state index contributed by atoms with van der Waals surface area (Å²) in [6, 6.07) is 1.89. The Morgan fingerprint density at radius 3 is 2.84 bits per heavy atom. The van der Waals surface area contributed by atoms with Crippen molar-refractivity contribution < 1.29 is 9.53 Å². The van der Waals surface area contributed by atoms with Crippen molar-refractivity contribution in [3.8, 4) is 0 Å². The van der Waals surface area contributed by atoms with Crippen LogP contribution in [0.4, 0.5) is 0 Å². The maximum Gasteiger partial charge on any atom is 0.312 e. The molecule has 0 aliphatic carbocycles. The molecule has 0 fully saturated rings. The first-order valence-corrected chi connectivity index (χ1v) is 9.55. The highest BCUT2D eigenvalue weighted by Crippen LogP contribution is 2.26. The van der Waals surface area contributed by atoms with Gasteiger partial charge in [-0.25, -0.2) is 15.0 Å². The molecule has 3 heterocycles. The van der Waals surface area contributed by atoms with E-state index in [9.17, 15) is 4.79 Å². The molecule has 0 bridgehead atoms. The van der Waals surface area contributed by atoms with E-state index < -0.39 is 6.10 Å². The number of hydrogen-bond acceptors (Lipinski definition) is 6. The van der Waals surface area contributed by atoms with E-state index in [1.54, 1.807) is 24.5 Å². The number of rotatable bonds is 4. The van der Waals surface area contributed by atoms with Gasteiger partial charge in [0.05, 0.1) is 22.6 Å². The molecule has 0 amide bonds. The number of fused-ring (bicyclic) bond motifs is 1. The number of nitrogens with one attached hydrogen (secondary N) is 1. The van der Waals surface area contributed by atoms with Crippen LogP contribution in [0.1, 0.15) is 50.3 Å². The number of thiazole rings is 1. The van der Waals surface area contributed by atoms with E-state index in [0.717, 1.165) is 20.7 Å². The number of nitrogens with zero attached hydrogens (tertiary/aromatic N) is 3. The number of hydrogen-bond donors (Lipinski definition) is 1. The molecule has 6 nitrogen and oxygen atoms in total. The normalized spacial score (nSPS) is 13.2. The molecule has 1 N–H and O–H groups in total. The van der Waals surface area contributed by atoms with E-state index in [2.05, 4.69) is 56.6 Å². The number of ether oxygens (including phenoxy) is 1. The molecule has 25 heavy (non-hydrogen) atoms. The zero-order valence-corrected chi connectivity index (χ0v) is 16.9. The minimum Gasteiger partial charge on any atom is -0.454 e. The quantitative estimate of drug-likeness (QED) is 0.632. The Morgan fingerprint density at radius 2 is 2.16 bits per heavy atom. The first kappa shape index (κ1) is 18.0. The summed E-state index contributed by atoms with van der Waals surface area (Å²) < 4.78 is 6.35. The maximum atomic E-state index is 12.2. The van der Waals surface area contributed by atoms with Crippen LogP contribution in [0, 0.1) is 0 Å². The zero-order chi connectivity index (χ0) is 18.2. The molecule has 0 aromatic carbocycles. The van der Waals surface area contributed by atoms with Crippen LogP contribution >= 0.6 is 27.3 Å². The van der Waals surface area contributed by atoms with E-state index in [0.29, 0.717) is 11.5 Å². The molecule has 1 atom stereocenters. The van der Waals surface area contributed by atoms with E-state index >= 15 is 0 Å². The fourth-order valence-corrected chi connectivity index (χ4v) is 3.50. The van der Waals surface area contributed by atoms with E-state index in [1.165, 1.54) is 0 Å². The van der Waals surface area contributed by atoms with Crippen molar-refractivity contribution >= 4 is 44.4 Å². The first-order chi connectivity index (χ1) is 11.7. The average molecular weight is 423 g/mol. The third kappa shape index (κ3) is 4.24. The van der Waals surface area contributed by atoms with Crippen molar-refractivity contribution in [3.63, 3.8) is 0 Å². The Labute approximate surface area is 158 Å². The molecular weight excluding hydrogens is 404 g/mol. The Bertz CT molecular complexity index is 913. The first-order valence-electron chi connectivity index (χ1n) is 7.88. The van der Waals surface area contributed by atoms with Gasteiger partial charge >= 0.3 is 5.97 Å². The van der Waals surface area contributed by atoms with Crippen molar-refractivity contribution in [1.82, 2.24) is 19.9 Å². The van der Waals surface area contributed by atoms with Crippen LogP contribution in [0.3, 0.4) is 0 Å². The fourth-order valence-electron chi connectivity index (χ4n) is 2.26. The second-order valence-corrected chi connectivity index (χ2v) is 8.62.